The van der Waals surface area contributed by atoms with Crippen molar-refractivity contribution in [3.8, 4) is 5.75 Å². The van der Waals surface area contributed by atoms with Gasteiger partial charge in [-0.3, -0.25) is 9.69 Å². The van der Waals surface area contributed by atoms with Gasteiger partial charge in [0.2, 0.25) is 5.91 Å². The van der Waals surface area contributed by atoms with Crippen LogP contribution in [-0.4, -0.2) is 66.8 Å². The standard InChI is InChI=1S/C20H26N2O3/c1-21(15-20(24)22-10-8-18(23)9-11-22)12-13-25-19-7-6-16-4-2-3-5-17(16)14-19/h2-7,14,18,23H,8-13,15H2,1H3. The Hall–Kier alpha value is -2.11. The minimum Gasteiger partial charge on any atom is -0.492 e. The zero-order chi connectivity index (χ0) is 17.6. The molecule has 134 valence electrons. The van der Waals surface area contributed by atoms with E-state index in [4.69, 9.17) is 4.74 Å². The number of nitrogens with zero attached hydrogens (tertiary/aromatic N) is 2. The predicted molar refractivity (Wildman–Crippen MR) is 98.8 cm³/mol. The lowest BCUT2D eigenvalue weighted by atomic mass is 10.1. The summed E-state index contributed by atoms with van der Waals surface area (Å²) >= 11 is 0. The van der Waals surface area contributed by atoms with Crippen molar-refractivity contribution in [2.45, 2.75) is 18.9 Å². The van der Waals surface area contributed by atoms with Gasteiger partial charge in [0.1, 0.15) is 12.4 Å². The number of carbonyl (C=O) groups is 1. The molecule has 1 amide bonds. The highest BCUT2D eigenvalue weighted by molar-refractivity contribution is 5.83. The van der Waals surface area contributed by atoms with E-state index in [1.807, 2.05) is 41.1 Å². The number of amides is 1. The van der Waals surface area contributed by atoms with Gasteiger partial charge in [-0.25, -0.2) is 0 Å². The maximum atomic E-state index is 12.3. The number of carbonyl (C=O) groups excluding carboxylic acids is 1. The quantitative estimate of drug-likeness (QED) is 0.874. The van der Waals surface area contributed by atoms with Crippen LogP contribution in [0.15, 0.2) is 42.5 Å². The SMILES string of the molecule is CN(CCOc1ccc2ccccc2c1)CC(=O)N1CCC(O)CC1. The van der Waals surface area contributed by atoms with Gasteiger partial charge in [-0.05, 0) is 42.8 Å². The van der Waals surface area contributed by atoms with Gasteiger partial charge in [-0.1, -0.05) is 30.3 Å². The molecule has 0 atom stereocenters. The van der Waals surface area contributed by atoms with E-state index in [0.29, 0.717) is 45.6 Å². The van der Waals surface area contributed by atoms with Crippen molar-refractivity contribution in [2.75, 3.05) is 39.8 Å². The Morgan fingerprint density at radius 2 is 1.92 bits per heavy atom. The van der Waals surface area contributed by atoms with E-state index in [0.717, 1.165) is 11.1 Å². The molecule has 0 aliphatic carbocycles. The highest BCUT2D eigenvalue weighted by Crippen LogP contribution is 2.20. The lowest BCUT2D eigenvalue weighted by Crippen LogP contribution is -2.44. The Kier molecular flexibility index (Phi) is 5.89. The fourth-order valence-corrected chi connectivity index (χ4v) is 3.10. The molecule has 1 aliphatic rings. The monoisotopic (exact) mass is 342 g/mol. The summed E-state index contributed by atoms with van der Waals surface area (Å²) < 4.78 is 5.83. The zero-order valence-corrected chi connectivity index (χ0v) is 14.7. The summed E-state index contributed by atoms with van der Waals surface area (Å²) in [5, 5.41) is 11.9. The van der Waals surface area contributed by atoms with Gasteiger partial charge >= 0.3 is 0 Å². The molecule has 1 saturated heterocycles. The number of likely N-dealkylation sites (N-methyl/N-ethyl adjacent to an activating group) is 1. The summed E-state index contributed by atoms with van der Waals surface area (Å²) in [7, 11) is 1.93. The van der Waals surface area contributed by atoms with Crippen LogP contribution in [0.2, 0.25) is 0 Å². The lowest BCUT2D eigenvalue weighted by molar-refractivity contribution is -0.134. The Bertz CT molecular complexity index is 711. The van der Waals surface area contributed by atoms with Gasteiger partial charge in [-0.15, -0.1) is 0 Å². The number of aliphatic hydroxyl groups excluding tert-OH is 1. The fraction of sp³-hybridized carbons (Fsp3) is 0.450. The van der Waals surface area contributed by atoms with Gasteiger partial charge in [0, 0.05) is 19.6 Å². The number of hydrogen-bond donors (Lipinski definition) is 1. The van der Waals surface area contributed by atoms with Crippen LogP contribution >= 0.6 is 0 Å². The molecule has 2 aromatic rings. The van der Waals surface area contributed by atoms with Crippen molar-refractivity contribution < 1.29 is 14.6 Å². The minimum atomic E-state index is -0.253. The third-order valence-corrected chi connectivity index (χ3v) is 4.69. The maximum absolute atomic E-state index is 12.3. The molecule has 1 aliphatic heterocycles. The van der Waals surface area contributed by atoms with Crippen molar-refractivity contribution in [2.24, 2.45) is 0 Å². The zero-order valence-electron chi connectivity index (χ0n) is 14.7. The molecule has 0 radical (unpaired) electrons. The van der Waals surface area contributed by atoms with E-state index in [1.165, 1.54) is 5.39 Å². The fourth-order valence-electron chi connectivity index (χ4n) is 3.10. The van der Waals surface area contributed by atoms with E-state index in [9.17, 15) is 9.90 Å². The van der Waals surface area contributed by atoms with E-state index >= 15 is 0 Å². The van der Waals surface area contributed by atoms with Crippen LogP contribution in [0, 0.1) is 0 Å². The van der Waals surface area contributed by atoms with E-state index in [-0.39, 0.29) is 12.0 Å². The molecule has 0 saturated carbocycles. The van der Waals surface area contributed by atoms with Crippen molar-refractivity contribution in [3.63, 3.8) is 0 Å². The molecule has 1 heterocycles. The van der Waals surface area contributed by atoms with Crippen molar-refractivity contribution >= 4 is 16.7 Å². The van der Waals surface area contributed by atoms with Crippen LogP contribution in [-0.2, 0) is 4.79 Å². The first-order valence-electron chi connectivity index (χ1n) is 8.88. The number of benzene rings is 2. The average molecular weight is 342 g/mol. The second-order valence-corrected chi connectivity index (χ2v) is 6.71. The molecular formula is C20H26N2O3. The molecule has 1 fully saturated rings. The summed E-state index contributed by atoms with van der Waals surface area (Å²) in [6, 6.07) is 14.3. The van der Waals surface area contributed by atoms with Crippen LogP contribution in [0.5, 0.6) is 5.75 Å². The van der Waals surface area contributed by atoms with Gasteiger partial charge in [0.25, 0.3) is 0 Å². The van der Waals surface area contributed by atoms with E-state index in [2.05, 4.69) is 18.2 Å². The Morgan fingerprint density at radius 3 is 2.68 bits per heavy atom. The molecule has 0 bridgehead atoms. The largest absolute Gasteiger partial charge is 0.492 e. The topological polar surface area (TPSA) is 53.0 Å². The molecule has 2 aromatic carbocycles. The minimum absolute atomic E-state index is 0.125. The Morgan fingerprint density at radius 1 is 1.20 bits per heavy atom. The van der Waals surface area contributed by atoms with Crippen LogP contribution < -0.4 is 4.74 Å². The van der Waals surface area contributed by atoms with Crippen molar-refractivity contribution in [3.05, 3.63) is 42.5 Å². The third-order valence-electron chi connectivity index (χ3n) is 4.69. The number of aliphatic hydroxyl groups is 1. The second-order valence-electron chi connectivity index (χ2n) is 6.71. The summed E-state index contributed by atoms with van der Waals surface area (Å²) in [5.41, 5.74) is 0. The first-order chi connectivity index (χ1) is 12.1. The third kappa shape index (κ3) is 4.94. The molecule has 1 N–H and O–H groups in total. The average Bonchev–Trinajstić information content (AvgIpc) is 2.62. The summed E-state index contributed by atoms with van der Waals surface area (Å²) in [4.78, 5) is 16.1. The maximum Gasteiger partial charge on any atom is 0.236 e. The van der Waals surface area contributed by atoms with Crippen LogP contribution in [0.3, 0.4) is 0 Å². The molecule has 3 rings (SSSR count). The van der Waals surface area contributed by atoms with Crippen molar-refractivity contribution in [1.82, 2.24) is 9.80 Å². The molecular weight excluding hydrogens is 316 g/mol. The Balaban J connectivity index is 1.42. The highest BCUT2D eigenvalue weighted by Gasteiger charge is 2.21. The lowest BCUT2D eigenvalue weighted by Gasteiger charge is -2.31. The normalized spacial score (nSPS) is 15.7. The Labute approximate surface area is 148 Å². The van der Waals surface area contributed by atoms with Gasteiger partial charge in [0.15, 0.2) is 0 Å². The second kappa shape index (κ2) is 8.32. The van der Waals surface area contributed by atoms with E-state index < -0.39 is 0 Å². The smallest absolute Gasteiger partial charge is 0.236 e. The van der Waals surface area contributed by atoms with Gasteiger partial charge < -0.3 is 14.7 Å². The number of ether oxygens (including phenoxy) is 1. The van der Waals surface area contributed by atoms with Crippen LogP contribution in [0.4, 0.5) is 0 Å². The summed E-state index contributed by atoms with van der Waals surface area (Å²) in [6.45, 7) is 2.93. The van der Waals surface area contributed by atoms with E-state index in [1.54, 1.807) is 0 Å². The molecule has 0 unspecified atom stereocenters. The number of fused-ring (bicyclic) bond motifs is 1. The predicted octanol–water partition coefficient (Wildman–Crippen LogP) is 2.13. The molecule has 5 heteroatoms. The first-order valence-corrected chi connectivity index (χ1v) is 8.88. The molecule has 25 heavy (non-hydrogen) atoms. The highest BCUT2D eigenvalue weighted by atomic mass is 16.5. The first kappa shape index (κ1) is 17.7. The summed E-state index contributed by atoms with van der Waals surface area (Å²) in [5.74, 6) is 0.976. The molecule has 5 nitrogen and oxygen atoms in total. The van der Waals surface area contributed by atoms with Crippen LogP contribution in [0.25, 0.3) is 10.8 Å². The molecule has 0 aromatic heterocycles. The summed E-state index contributed by atoms with van der Waals surface area (Å²) in [6.07, 6.45) is 1.11. The van der Waals surface area contributed by atoms with Crippen LogP contribution in [0.1, 0.15) is 12.8 Å². The van der Waals surface area contributed by atoms with Gasteiger partial charge in [0.05, 0.1) is 12.6 Å². The number of likely N-dealkylation sites (tertiary alicyclic amines) is 1. The van der Waals surface area contributed by atoms with Crippen molar-refractivity contribution in [1.29, 1.82) is 0 Å². The number of piperidine rings is 1. The molecule has 0 spiro atoms. The number of hydrogen-bond acceptors (Lipinski definition) is 4. The van der Waals surface area contributed by atoms with Gasteiger partial charge in [-0.2, -0.15) is 0 Å². The number of rotatable bonds is 6.